The van der Waals surface area contributed by atoms with Crippen molar-refractivity contribution in [1.82, 2.24) is 0 Å². The maximum Gasteiger partial charge on any atom is 0.416 e. The number of rotatable bonds is 3. The molecule has 1 unspecified atom stereocenters. The third-order valence-corrected chi connectivity index (χ3v) is 7.87. The van der Waals surface area contributed by atoms with E-state index in [1.54, 1.807) is 18.2 Å². The van der Waals surface area contributed by atoms with Crippen molar-refractivity contribution in [1.29, 1.82) is 0 Å². The van der Waals surface area contributed by atoms with E-state index in [2.05, 4.69) is 0 Å². The predicted octanol–water partition coefficient (Wildman–Crippen LogP) is 3.62. The average Bonchev–Trinajstić information content (AvgIpc) is 2.85. The van der Waals surface area contributed by atoms with Gasteiger partial charge in [0.2, 0.25) is 0 Å². The Morgan fingerprint density at radius 2 is 1.67 bits per heavy atom. The first-order valence-corrected chi connectivity index (χ1v) is 12.1. The van der Waals surface area contributed by atoms with E-state index in [1.807, 2.05) is 0 Å². The van der Waals surface area contributed by atoms with Crippen LogP contribution in [0.5, 0.6) is 5.75 Å². The molecule has 0 aliphatic heterocycles. The summed E-state index contributed by atoms with van der Waals surface area (Å²) in [6.07, 6.45) is -3.03. The maximum atomic E-state index is 12.9. The maximum absolute atomic E-state index is 12.9. The Labute approximate surface area is 219 Å². The van der Waals surface area contributed by atoms with Gasteiger partial charge in [0.1, 0.15) is 28.9 Å². The van der Waals surface area contributed by atoms with Crippen LogP contribution in [0.3, 0.4) is 0 Å². The van der Waals surface area contributed by atoms with Gasteiger partial charge in [-0.3, -0.25) is 9.59 Å². The number of hydrogen-bond acceptors (Lipinski definition) is 7. The molecule has 1 amide bonds. The topological polar surface area (TPSA) is 161 Å². The number of fused-ring (bicyclic) bond motifs is 3. The molecule has 8 nitrogen and oxygen atoms in total. The molecule has 0 radical (unpaired) electrons. The van der Waals surface area contributed by atoms with Crippen LogP contribution in [0.15, 0.2) is 59.1 Å². The molecule has 11 heteroatoms. The number of aromatic hydroxyl groups is 1. The zero-order chi connectivity index (χ0) is 28.4. The van der Waals surface area contributed by atoms with Crippen LogP contribution in [-0.4, -0.2) is 42.8 Å². The van der Waals surface area contributed by atoms with E-state index in [1.165, 1.54) is 18.2 Å². The van der Waals surface area contributed by atoms with Crippen LogP contribution in [-0.2, 0) is 22.2 Å². The summed E-state index contributed by atoms with van der Waals surface area (Å²) in [6.45, 7) is 0. The second-order valence-electron chi connectivity index (χ2n) is 10.0. The molecule has 39 heavy (non-hydrogen) atoms. The molecule has 0 fully saturated rings. The smallest absolute Gasteiger partial charge is 0.416 e. The Morgan fingerprint density at radius 1 is 1.00 bits per heavy atom. The molecule has 0 bridgehead atoms. The van der Waals surface area contributed by atoms with Gasteiger partial charge in [0, 0.05) is 23.5 Å². The van der Waals surface area contributed by atoms with Crippen LogP contribution in [0.2, 0.25) is 0 Å². The summed E-state index contributed by atoms with van der Waals surface area (Å²) in [4.78, 5) is 24.2. The second-order valence-corrected chi connectivity index (χ2v) is 10.0. The number of primary amides is 1. The van der Waals surface area contributed by atoms with Gasteiger partial charge in [0.15, 0.2) is 11.4 Å². The summed E-state index contributed by atoms with van der Waals surface area (Å²) in [5.74, 6) is -5.84. The summed E-state index contributed by atoms with van der Waals surface area (Å²) in [6, 6.07) is 7.42. The molecular weight excluding hydrogens is 519 g/mol. The third kappa shape index (κ3) is 4.09. The molecule has 0 saturated heterocycles. The molecule has 4 atom stereocenters. The van der Waals surface area contributed by atoms with Crippen LogP contribution in [0.25, 0.3) is 12.2 Å². The number of nitrogens with two attached hydrogens (primary N) is 1. The summed E-state index contributed by atoms with van der Waals surface area (Å²) in [5.41, 5.74) is 2.62. The second kappa shape index (κ2) is 8.99. The lowest BCUT2D eigenvalue weighted by atomic mass is 9.60. The number of carbonyl (C=O) groups is 2. The SMILES string of the molecule is NC(=O)C1=C(O)[C@@]2(O)C(O)=C3C(O)c4c(O)ccc(/C=C/c5ccc(C(F)(F)F)cc5)c4C[C@H]3C[C@H]2CC1=O. The molecule has 3 aliphatic carbocycles. The number of carbonyl (C=O) groups excluding carboxylic acids is 2. The molecule has 7 N–H and O–H groups in total. The Hall–Kier alpha value is -4.09. The van der Waals surface area contributed by atoms with E-state index in [9.17, 15) is 48.3 Å². The Kier molecular flexibility index (Phi) is 6.11. The molecule has 2 aromatic carbocycles. The number of halogens is 3. The molecule has 0 saturated carbocycles. The highest BCUT2D eigenvalue weighted by Gasteiger charge is 2.58. The highest BCUT2D eigenvalue weighted by Crippen LogP contribution is 2.55. The van der Waals surface area contributed by atoms with E-state index in [-0.39, 0.29) is 36.1 Å². The monoisotopic (exact) mass is 543 g/mol. The van der Waals surface area contributed by atoms with Gasteiger partial charge in [0.05, 0.1) is 5.56 Å². The largest absolute Gasteiger partial charge is 0.509 e. The number of hydrogen-bond donors (Lipinski definition) is 6. The van der Waals surface area contributed by atoms with Crippen molar-refractivity contribution < 1.29 is 48.3 Å². The molecule has 3 aliphatic rings. The highest BCUT2D eigenvalue weighted by atomic mass is 19.4. The Bertz CT molecular complexity index is 1490. The fourth-order valence-corrected chi connectivity index (χ4v) is 5.96. The summed E-state index contributed by atoms with van der Waals surface area (Å²) in [5, 5.41) is 55.0. The quantitative estimate of drug-likeness (QED) is 0.255. The number of ketones is 1. The van der Waals surface area contributed by atoms with E-state index in [0.29, 0.717) is 16.7 Å². The highest BCUT2D eigenvalue weighted by molar-refractivity contribution is 6.20. The lowest BCUT2D eigenvalue weighted by Crippen LogP contribution is -2.53. The fourth-order valence-electron chi connectivity index (χ4n) is 5.96. The lowest BCUT2D eigenvalue weighted by molar-refractivity contribution is -0.137. The normalized spacial score (nSPS) is 26.9. The van der Waals surface area contributed by atoms with Crippen LogP contribution in [0.4, 0.5) is 13.2 Å². The number of phenolic OH excluding ortho intramolecular Hbond substituents is 1. The van der Waals surface area contributed by atoms with Gasteiger partial charge in [-0.2, -0.15) is 13.2 Å². The number of aliphatic hydroxyl groups is 4. The molecule has 5 rings (SSSR count). The van der Waals surface area contributed by atoms with Crippen LogP contribution >= 0.6 is 0 Å². The van der Waals surface area contributed by atoms with Crippen molar-refractivity contribution in [2.75, 3.05) is 0 Å². The lowest BCUT2D eigenvalue weighted by Gasteiger charge is -2.47. The first-order chi connectivity index (χ1) is 18.2. The zero-order valence-corrected chi connectivity index (χ0v) is 20.2. The zero-order valence-electron chi connectivity index (χ0n) is 20.2. The van der Waals surface area contributed by atoms with E-state index in [4.69, 9.17) is 5.73 Å². The van der Waals surface area contributed by atoms with Crippen molar-refractivity contribution in [3.05, 3.63) is 86.9 Å². The number of Topliss-reactive ketones (excluding diaryl/α,β-unsaturated/α-hetero) is 1. The van der Waals surface area contributed by atoms with Crippen molar-refractivity contribution in [2.45, 2.75) is 37.1 Å². The van der Waals surface area contributed by atoms with Crippen LogP contribution in [0.1, 0.15) is 46.8 Å². The molecule has 0 aromatic heterocycles. The van der Waals surface area contributed by atoms with Crippen molar-refractivity contribution >= 4 is 23.8 Å². The molecular formula is C28H24F3NO7. The summed E-state index contributed by atoms with van der Waals surface area (Å²) in [7, 11) is 0. The van der Waals surface area contributed by atoms with Gasteiger partial charge < -0.3 is 31.3 Å². The molecule has 2 aromatic rings. The molecule has 204 valence electrons. The first kappa shape index (κ1) is 26.5. The summed E-state index contributed by atoms with van der Waals surface area (Å²) >= 11 is 0. The van der Waals surface area contributed by atoms with Gasteiger partial charge in [-0.05, 0) is 53.6 Å². The first-order valence-electron chi connectivity index (χ1n) is 12.1. The van der Waals surface area contributed by atoms with Crippen LogP contribution in [0, 0.1) is 11.8 Å². The average molecular weight is 543 g/mol. The number of amides is 1. The number of benzene rings is 2. The van der Waals surface area contributed by atoms with E-state index in [0.717, 1.165) is 12.1 Å². The Morgan fingerprint density at radius 3 is 2.28 bits per heavy atom. The van der Waals surface area contributed by atoms with E-state index < -0.39 is 64.1 Å². The number of phenols is 1. The summed E-state index contributed by atoms with van der Waals surface area (Å²) < 4.78 is 38.6. The van der Waals surface area contributed by atoms with Gasteiger partial charge in [-0.25, -0.2) is 0 Å². The van der Waals surface area contributed by atoms with Gasteiger partial charge in [-0.15, -0.1) is 0 Å². The molecule has 0 spiro atoms. The predicted molar refractivity (Wildman–Crippen MR) is 132 cm³/mol. The van der Waals surface area contributed by atoms with Crippen molar-refractivity contribution in [2.24, 2.45) is 17.6 Å². The van der Waals surface area contributed by atoms with Crippen LogP contribution < -0.4 is 5.73 Å². The van der Waals surface area contributed by atoms with Crippen molar-refractivity contribution in [3.8, 4) is 5.75 Å². The van der Waals surface area contributed by atoms with Crippen molar-refractivity contribution in [3.63, 3.8) is 0 Å². The van der Waals surface area contributed by atoms with Gasteiger partial charge in [-0.1, -0.05) is 30.4 Å². The van der Waals surface area contributed by atoms with E-state index >= 15 is 0 Å². The Balaban J connectivity index is 1.56. The number of alkyl halides is 3. The fraction of sp³-hybridized carbons (Fsp3) is 0.286. The number of aliphatic hydroxyl groups excluding tert-OH is 3. The third-order valence-electron chi connectivity index (χ3n) is 7.87. The van der Waals surface area contributed by atoms with Gasteiger partial charge >= 0.3 is 6.18 Å². The minimum Gasteiger partial charge on any atom is -0.509 e. The van der Waals surface area contributed by atoms with Gasteiger partial charge in [0.25, 0.3) is 5.91 Å². The minimum atomic E-state index is -4.46. The minimum absolute atomic E-state index is 0.0476. The standard InChI is InChI=1S/C28H24F3NO7/c29-28(30,31)15-6-2-12(3-7-15)1-4-13-5-8-18(33)21-17(13)10-14-9-16-11-19(34)22(26(32)38)25(37)27(16,39)24(36)20(14)23(21)35/h1-8,14,16,23,33,35-37,39H,9-11H2,(H2,32,38)/b4-1+/t14-,16+,23?,27+/m1/s1. The molecule has 0 heterocycles.